The molecule has 4 aliphatic carbocycles. The van der Waals surface area contributed by atoms with Gasteiger partial charge in [0.1, 0.15) is 116 Å². The van der Waals surface area contributed by atoms with Crippen molar-refractivity contribution in [3.05, 3.63) is 22.8 Å². The lowest BCUT2D eigenvalue weighted by Crippen LogP contribution is -2.69. The van der Waals surface area contributed by atoms with E-state index in [4.69, 9.17) is 52.1 Å². The fourth-order valence-corrected chi connectivity index (χ4v) is 17.1. The molecule has 0 unspecified atom stereocenters. The molecule has 0 radical (unpaired) electrons. The molecule has 532 valence electrons. The molecule has 3 saturated carbocycles. The normalized spacial score (nSPS) is 47.7. The summed E-state index contributed by atoms with van der Waals surface area (Å²) in [5, 5.41) is 161. The Kier molecular flexibility index (Phi) is 23.6. The number of rotatable bonds is 21. The Hall–Kier alpha value is -2.91. The van der Waals surface area contributed by atoms with E-state index < -0.39 is 215 Å². The predicted molar refractivity (Wildman–Crippen MR) is 317 cm³/mol. The third kappa shape index (κ3) is 14.2. The number of nitrogens with one attached hydrogen (secondary N) is 2. The third-order valence-corrected chi connectivity index (χ3v) is 22.1. The molecule has 8 fully saturated rings. The molecule has 0 aromatic heterocycles. The van der Waals surface area contributed by atoms with Crippen molar-refractivity contribution in [1.29, 1.82) is 0 Å². The van der Waals surface area contributed by atoms with Gasteiger partial charge >= 0.3 is 0 Å². The number of methoxy groups -OCH3 is 1. The molecule has 2 amide bonds. The molecular weight excluding hydrogens is 1230 g/mol. The van der Waals surface area contributed by atoms with Crippen molar-refractivity contribution in [1.82, 2.24) is 10.6 Å². The maximum atomic E-state index is 13.6. The monoisotopic (exact) mass is 1330 g/mol. The van der Waals surface area contributed by atoms with Crippen LogP contribution >= 0.6 is 0 Å². The van der Waals surface area contributed by atoms with E-state index in [9.17, 15) is 85.9 Å². The van der Waals surface area contributed by atoms with Gasteiger partial charge in [-0.3, -0.25) is 14.4 Å². The Morgan fingerprint density at radius 2 is 1.14 bits per heavy atom. The van der Waals surface area contributed by atoms with Crippen LogP contribution in [0.5, 0.6) is 0 Å². The van der Waals surface area contributed by atoms with Crippen molar-refractivity contribution >= 4 is 17.6 Å². The van der Waals surface area contributed by atoms with E-state index in [2.05, 4.69) is 31.4 Å². The Morgan fingerprint density at radius 1 is 0.613 bits per heavy atom. The molecule has 0 bridgehead atoms. The lowest BCUT2D eigenvalue weighted by Gasteiger charge is -2.65. The van der Waals surface area contributed by atoms with Gasteiger partial charge in [0.25, 0.3) is 0 Å². The first-order chi connectivity index (χ1) is 43.7. The SMILES string of the molecule is CO[C@@H]1C[C@H]([C@H](C)CC(=O)C=C(C)C)[C@@]2(C)CC[C@@]3(O)C(=C12)CC[C@H]1C(C)(C)[C@@H](O[C@@H]2OC[C@@H](O[C@@H]4O[C@H](CO)[C@H](O)[C@H](O)[C@H]4NC(C)=O)[C@H](O)[C@H]2O[C@@H]2O[C@H](CO[C@@H]4O[C@H](CO)[C@@H](O)[C@H](O)[C@H]4O[C@@H]4O[C@H](CO)[C@@H](O)[C@H](O)[C@H]4O)[C@@H](O)[C@H](O)[C@H]2NC(C)=O)CC[C@@]13C. The molecule has 5 saturated heterocycles. The highest BCUT2D eigenvalue weighted by Gasteiger charge is 2.68. The minimum Gasteiger partial charge on any atom is -0.394 e. The van der Waals surface area contributed by atoms with Crippen molar-refractivity contribution in [3.8, 4) is 0 Å². The van der Waals surface area contributed by atoms with Crippen molar-refractivity contribution in [2.75, 3.05) is 40.1 Å². The van der Waals surface area contributed by atoms with Gasteiger partial charge in [0.15, 0.2) is 37.2 Å². The molecule has 9 rings (SSSR count). The summed E-state index contributed by atoms with van der Waals surface area (Å²) in [7, 11) is 1.70. The zero-order valence-electron chi connectivity index (χ0n) is 54.5. The van der Waals surface area contributed by atoms with Gasteiger partial charge in [-0.2, -0.15) is 0 Å². The Morgan fingerprint density at radius 3 is 1.72 bits per heavy atom. The van der Waals surface area contributed by atoms with E-state index in [1.807, 2.05) is 27.7 Å². The van der Waals surface area contributed by atoms with E-state index in [0.29, 0.717) is 51.4 Å². The Labute approximate surface area is 540 Å². The standard InChI is InChI=1S/C63H102N2O28/c1-25(2)17-29(71)18-26(3)31-19-32(83-10)40-30-11-12-38-60(6,7)39(13-14-62(38,9)63(30,82)16-15-61(31,40)8)91-59-53(47(76)37(24-85-59)90-55-41(64-27(4)69)48(77)43(72)33(20-66)86-55)92-56-42(65-28(5)70)49(78)46(75)36(89-56)23-84-58-54(51(80)45(74)35(22-68)88-58)93-57-52(81)50(79)44(73)34(21-67)87-57/h17,26,31-39,41-59,66-68,72-82H,11-16,18-24H2,1-10H3,(H,64,69)(H,65,70)/t26-,31-,32-,33-,34-,35-,36-,37-,38+,39+,41-,42-,43+,44-,45-,46-,47+,48-,49-,50+,51+,52-,53-,54-,55+,56+,57+,58-,59+,61-,62+,63-/m1/s1. The van der Waals surface area contributed by atoms with Crippen LogP contribution in [0.3, 0.4) is 0 Å². The molecule has 0 spiro atoms. The molecule has 5 heterocycles. The fraction of sp³-hybridized carbons (Fsp3) is 0.889. The van der Waals surface area contributed by atoms with Gasteiger partial charge in [0, 0.05) is 32.8 Å². The molecule has 5 aliphatic heterocycles. The Bertz CT molecular complexity index is 2650. The summed E-state index contributed by atoms with van der Waals surface area (Å²) in [5.41, 5.74) is -0.0157. The molecule has 30 nitrogen and oxygen atoms in total. The maximum Gasteiger partial charge on any atom is 0.217 e. The lowest BCUT2D eigenvalue weighted by molar-refractivity contribution is -0.380. The zero-order valence-corrected chi connectivity index (χ0v) is 54.5. The number of hydrogen-bond donors (Lipinski definition) is 16. The summed E-state index contributed by atoms with van der Waals surface area (Å²) in [6, 6.07) is -3.13. The van der Waals surface area contributed by atoms with Gasteiger partial charge in [-0.05, 0) is 105 Å². The second-order valence-electron chi connectivity index (χ2n) is 28.6. The number of aliphatic hydroxyl groups is 14. The summed E-state index contributed by atoms with van der Waals surface area (Å²) in [4.78, 5) is 38.6. The largest absolute Gasteiger partial charge is 0.394 e. The predicted octanol–water partition coefficient (Wildman–Crippen LogP) is -3.94. The van der Waals surface area contributed by atoms with Crippen LogP contribution in [-0.4, -0.2) is 294 Å². The highest BCUT2D eigenvalue weighted by molar-refractivity contribution is 5.90. The van der Waals surface area contributed by atoms with Gasteiger partial charge in [-0.1, -0.05) is 40.2 Å². The topological polar surface area (TPSA) is 460 Å². The molecular formula is C63H102N2O28. The third-order valence-electron chi connectivity index (χ3n) is 22.1. The molecule has 32 atom stereocenters. The second kappa shape index (κ2) is 29.5. The zero-order chi connectivity index (χ0) is 68.3. The van der Waals surface area contributed by atoms with E-state index in [-0.39, 0.29) is 35.1 Å². The fourth-order valence-electron chi connectivity index (χ4n) is 17.1. The summed E-state index contributed by atoms with van der Waals surface area (Å²) in [6.45, 7) is 12.8. The number of allylic oxidation sites excluding steroid dienone is 2. The van der Waals surface area contributed by atoms with Crippen LogP contribution in [0.1, 0.15) is 114 Å². The summed E-state index contributed by atoms with van der Waals surface area (Å²) in [6.07, 6.45) is -34.1. The number of hydrogen-bond acceptors (Lipinski definition) is 28. The average molecular weight is 1340 g/mol. The van der Waals surface area contributed by atoms with E-state index in [0.717, 1.165) is 30.6 Å². The number of carbonyl (C=O) groups is 3. The maximum absolute atomic E-state index is 13.6. The van der Waals surface area contributed by atoms with Crippen LogP contribution in [-0.2, 0) is 66.5 Å². The number of aliphatic hydroxyl groups excluding tert-OH is 13. The van der Waals surface area contributed by atoms with Crippen LogP contribution < -0.4 is 10.6 Å². The van der Waals surface area contributed by atoms with Crippen LogP contribution in [0.4, 0.5) is 0 Å². The van der Waals surface area contributed by atoms with Gasteiger partial charge in [0.05, 0.1) is 50.8 Å². The summed E-state index contributed by atoms with van der Waals surface area (Å²) in [5.74, 6) is -1.36. The second-order valence-corrected chi connectivity index (χ2v) is 28.6. The summed E-state index contributed by atoms with van der Waals surface area (Å²) < 4.78 is 68.0. The first kappa shape index (κ1) is 74.3. The molecule has 9 aliphatic rings. The number of ether oxygens (including phenoxy) is 11. The summed E-state index contributed by atoms with van der Waals surface area (Å²) >= 11 is 0. The molecule has 30 heteroatoms. The highest BCUT2D eigenvalue weighted by atomic mass is 16.8. The average Bonchev–Trinajstić information content (AvgIpc) is 1.67. The smallest absolute Gasteiger partial charge is 0.217 e. The highest BCUT2D eigenvalue weighted by Crippen LogP contribution is 2.70. The Balaban J connectivity index is 1.00. The van der Waals surface area contributed by atoms with Gasteiger partial charge in [-0.25, -0.2) is 0 Å². The van der Waals surface area contributed by atoms with Crippen molar-refractivity contribution < 1.29 is 138 Å². The van der Waals surface area contributed by atoms with Gasteiger partial charge < -0.3 is 134 Å². The van der Waals surface area contributed by atoms with E-state index >= 15 is 0 Å². The first-order valence-corrected chi connectivity index (χ1v) is 32.5. The van der Waals surface area contributed by atoms with Crippen LogP contribution in [0.2, 0.25) is 0 Å². The van der Waals surface area contributed by atoms with Crippen molar-refractivity contribution in [3.63, 3.8) is 0 Å². The molecule has 0 aromatic carbocycles. The lowest BCUT2D eigenvalue weighted by atomic mass is 9.42. The van der Waals surface area contributed by atoms with Gasteiger partial charge in [0.2, 0.25) is 11.8 Å². The molecule has 16 N–H and O–H groups in total. The van der Waals surface area contributed by atoms with Gasteiger partial charge in [-0.15, -0.1) is 0 Å². The van der Waals surface area contributed by atoms with E-state index in [1.165, 1.54) is 0 Å². The number of carbonyl (C=O) groups excluding carboxylic acids is 3. The van der Waals surface area contributed by atoms with E-state index in [1.54, 1.807) is 13.2 Å². The number of amides is 2. The van der Waals surface area contributed by atoms with Crippen molar-refractivity contribution in [2.24, 2.45) is 34.0 Å². The molecule has 93 heavy (non-hydrogen) atoms. The van der Waals surface area contributed by atoms with Crippen molar-refractivity contribution in [2.45, 2.75) is 279 Å². The minimum atomic E-state index is -2.00. The quantitative estimate of drug-likeness (QED) is 0.0296. The minimum absolute atomic E-state index is 0.0467. The van der Waals surface area contributed by atoms with Crippen LogP contribution in [0.25, 0.3) is 0 Å². The number of ketones is 1. The first-order valence-electron chi connectivity index (χ1n) is 32.5. The molecule has 0 aromatic rings. The van der Waals surface area contributed by atoms with Crippen LogP contribution in [0, 0.1) is 34.0 Å². The number of fused-ring (bicyclic) bond motifs is 4. The van der Waals surface area contributed by atoms with Crippen LogP contribution in [0.15, 0.2) is 22.8 Å².